The lowest BCUT2D eigenvalue weighted by atomic mass is 10.5. The second-order valence-corrected chi connectivity index (χ2v) is 2.03. The predicted octanol–water partition coefficient (Wildman–Crippen LogP) is 1.61. The van der Waals surface area contributed by atoms with Gasteiger partial charge < -0.3 is 9.47 Å². The molecule has 0 bridgehead atoms. The zero-order valence-corrected chi connectivity index (χ0v) is 6.39. The van der Waals surface area contributed by atoms with Crippen molar-refractivity contribution in [3.05, 3.63) is 6.61 Å². The van der Waals surface area contributed by atoms with Crippen LogP contribution in [0.5, 0.6) is 0 Å². The van der Waals surface area contributed by atoms with Gasteiger partial charge >= 0.3 is 0 Å². The van der Waals surface area contributed by atoms with Crippen molar-refractivity contribution in [2.75, 3.05) is 13.2 Å². The van der Waals surface area contributed by atoms with Gasteiger partial charge in [-0.1, -0.05) is 0 Å². The van der Waals surface area contributed by atoms with E-state index in [-0.39, 0.29) is 0 Å². The second-order valence-electron chi connectivity index (χ2n) is 2.03. The van der Waals surface area contributed by atoms with Gasteiger partial charge in [0.1, 0.15) is 0 Å². The lowest BCUT2D eigenvalue weighted by Gasteiger charge is -2.11. The van der Waals surface area contributed by atoms with Crippen LogP contribution in [0.1, 0.15) is 20.8 Å². The highest BCUT2D eigenvalue weighted by Gasteiger charge is 1.88. The summed E-state index contributed by atoms with van der Waals surface area (Å²) >= 11 is 0. The number of hydrogen-bond donors (Lipinski definition) is 0. The summed E-state index contributed by atoms with van der Waals surface area (Å²) in [5.41, 5.74) is 0. The summed E-state index contributed by atoms with van der Waals surface area (Å²) in [7, 11) is 0. The maximum absolute atomic E-state index is 5.20. The molecule has 0 rings (SSSR count). The summed E-state index contributed by atoms with van der Waals surface area (Å²) in [5, 5.41) is 0. The Morgan fingerprint density at radius 2 is 2.00 bits per heavy atom. The Bertz CT molecular complexity index is 52.9. The van der Waals surface area contributed by atoms with E-state index in [4.69, 9.17) is 9.47 Å². The van der Waals surface area contributed by atoms with Crippen LogP contribution in [0.25, 0.3) is 0 Å². The summed E-state index contributed by atoms with van der Waals surface area (Å²) in [6, 6.07) is 0. The van der Waals surface area contributed by atoms with Gasteiger partial charge in [0, 0.05) is 6.61 Å². The van der Waals surface area contributed by atoms with Crippen molar-refractivity contribution in [3.63, 3.8) is 0 Å². The quantitative estimate of drug-likeness (QED) is 0.417. The highest BCUT2D eigenvalue weighted by molar-refractivity contribution is 4.38. The topological polar surface area (TPSA) is 18.5 Å². The van der Waals surface area contributed by atoms with Crippen LogP contribution in [-0.4, -0.2) is 19.3 Å². The molecule has 0 unspecified atom stereocenters. The van der Waals surface area contributed by atoms with Gasteiger partial charge in [0.05, 0.1) is 12.7 Å². The van der Waals surface area contributed by atoms with Crippen molar-refractivity contribution in [1.82, 2.24) is 0 Å². The first-order valence-electron chi connectivity index (χ1n) is 3.28. The molecule has 0 fully saturated rings. The summed E-state index contributed by atoms with van der Waals surface area (Å²) in [4.78, 5) is 0. The van der Waals surface area contributed by atoms with Gasteiger partial charge in [-0.2, -0.15) is 6.92 Å². The first-order chi connectivity index (χ1) is 4.27. The van der Waals surface area contributed by atoms with E-state index < -0.39 is 0 Å². The van der Waals surface area contributed by atoms with E-state index in [2.05, 4.69) is 0 Å². The van der Waals surface area contributed by atoms with Gasteiger partial charge in [-0.3, -0.25) is 0 Å². The van der Waals surface area contributed by atoms with Crippen LogP contribution < -0.4 is 0 Å². The zero-order valence-electron chi connectivity index (χ0n) is 6.39. The molecule has 0 aliphatic carbocycles. The third-order valence-electron chi connectivity index (χ3n) is 0.819. The molecule has 0 aliphatic heterocycles. The van der Waals surface area contributed by atoms with E-state index in [1.165, 1.54) is 0 Å². The van der Waals surface area contributed by atoms with Crippen LogP contribution in [0.2, 0.25) is 0 Å². The molecule has 0 radical (unpaired) electrons. The molecule has 0 atom stereocenters. The molecular weight excluding hydrogens is 116 g/mol. The molecule has 56 valence electrons. The van der Waals surface area contributed by atoms with Crippen molar-refractivity contribution >= 4 is 0 Å². The molecular formula is C7H15O2-. The monoisotopic (exact) mass is 131 g/mol. The number of ether oxygens (including phenoxy) is 2. The Kier molecular flexibility index (Phi) is 5.99. The average Bonchev–Trinajstić information content (AvgIpc) is 1.80. The van der Waals surface area contributed by atoms with Crippen LogP contribution in [0.3, 0.4) is 0 Å². The van der Waals surface area contributed by atoms with Crippen molar-refractivity contribution in [1.29, 1.82) is 0 Å². The number of rotatable bonds is 5. The Hall–Kier alpha value is -0.0800. The van der Waals surface area contributed by atoms with Crippen LogP contribution in [-0.2, 0) is 9.47 Å². The molecule has 2 heteroatoms. The molecule has 0 aliphatic rings. The highest BCUT2D eigenvalue weighted by Crippen LogP contribution is 1.87. The highest BCUT2D eigenvalue weighted by atomic mass is 16.5. The van der Waals surface area contributed by atoms with E-state index in [1.54, 1.807) is 6.61 Å². The summed E-state index contributed by atoms with van der Waals surface area (Å²) in [5.74, 6) is 0. The molecule has 0 aromatic carbocycles. The minimum absolute atomic E-state index is 0.311. The van der Waals surface area contributed by atoms with Crippen molar-refractivity contribution in [3.8, 4) is 0 Å². The summed E-state index contributed by atoms with van der Waals surface area (Å²) in [6.45, 7) is 8.89. The van der Waals surface area contributed by atoms with Gasteiger partial charge in [-0.25, -0.2) is 6.61 Å². The van der Waals surface area contributed by atoms with Crippen LogP contribution >= 0.6 is 0 Å². The Labute approximate surface area is 57.2 Å². The molecule has 0 amide bonds. The van der Waals surface area contributed by atoms with E-state index in [9.17, 15) is 0 Å². The lowest BCUT2D eigenvalue weighted by molar-refractivity contribution is 0.0369. The van der Waals surface area contributed by atoms with E-state index in [0.29, 0.717) is 19.3 Å². The number of hydrogen-bond acceptors (Lipinski definition) is 2. The predicted molar refractivity (Wildman–Crippen MR) is 37.0 cm³/mol. The summed E-state index contributed by atoms with van der Waals surface area (Å²) < 4.78 is 10.1. The van der Waals surface area contributed by atoms with Gasteiger partial charge in [0.15, 0.2) is 0 Å². The second kappa shape index (κ2) is 6.05. The molecule has 0 heterocycles. The van der Waals surface area contributed by atoms with Gasteiger partial charge in [-0.15, -0.1) is 0 Å². The van der Waals surface area contributed by atoms with Crippen LogP contribution in [0.4, 0.5) is 0 Å². The Morgan fingerprint density at radius 3 is 2.44 bits per heavy atom. The first-order valence-corrected chi connectivity index (χ1v) is 3.28. The van der Waals surface area contributed by atoms with E-state index >= 15 is 0 Å². The van der Waals surface area contributed by atoms with Crippen molar-refractivity contribution in [2.24, 2.45) is 0 Å². The maximum Gasteiger partial charge on any atom is 0.0674 e. The third-order valence-corrected chi connectivity index (χ3v) is 0.819. The minimum atomic E-state index is 0.311. The Morgan fingerprint density at radius 1 is 1.33 bits per heavy atom. The first kappa shape index (κ1) is 8.92. The summed E-state index contributed by atoms with van der Waals surface area (Å²) in [6.07, 6.45) is 0.311. The van der Waals surface area contributed by atoms with Gasteiger partial charge in [-0.05, 0) is 13.8 Å². The molecule has 0 saturated heterocycles. The van der Waals surface area contributed by atoms with Crippen LogP contribution in [0.15, 0.2) is 0 Å². The zero-order chi connectivity index (χ0) is 7.11. The smallest absolute Gasteiger partial charge is 0.0674 e. The standard InChI is InChI=1S/C7H15O2/c1-4-8-5-6-9-7(2)3/h4,7H,5-6H2,1-3H3/q-1. The lowest BCUT2D eigenvalue weighted by Crippen LogP contribution is -2.08. The average molecular weight is 131 g/mol. The van der Waals surface area contributed by atoms with Gasteiger partial charge in [0.25, 0.3) is 0 Å². The fourth-order valence-corrected chi connectivity index (χ4v) is 0.450. The molecule has 0 N–H and O–H groups in total. The Balaban J connectivity index is 2.75. The van der Waals surface area contributed by atoms with E-state index in [1.807, 2.05) is 20.8 Å². The van der Waals surface area contributed by atoms with Crippen molar-refractivity contribution in [2.45, 2.75) is 26.9 Å². The fraction of sp³-hybridized carbons (Fsp3) is 0.857. The van der Waals surface area contributed by atoms with Crippen molar-refractivity contribution < 1.29 is 9.47 Å². The maximum atomic E-state index is 5.20. The molecule has 0 aromatic rings. The largest absolute Gasteiger partial charge is 0.551 e. The fourth-order valence-electron chi connectivity index (χ4n) is 0.450. The molecule has 0 spiro atoms. The van der Waals surface area contributed by atoms with Crippen LogP contribution in [0, 0.1) is 6.61 Å². The molecule has 9 heavy (non-hydrogen) atoms. The molecule has 2 nitrogen and oxygen atoms in total. The normalized spacial score (nSPS) is 10.7. The SMILES string of the molecule is C[CH-]OCCOC(C)C. The molecule has 0 aromatic heterocycles. The van der Waals surface area contributed by atoms with E-state index in [0.717, 1.165) is 0 Å². The molecule has 0 saturated carbocycles. The third kappa shape index (κ3) is 7.92. The van der Waals surface area contributed by atoms with Gasteiger partial charge in [0.2, 0.25) is 0 Å². The minimum Gasteiger partial charge on any atom is -0.551 e.